The smallest absolute Gasteiger partial charge is 0.306 e. The summed E-state index contributed by atoms with van der Waals surface area (Å²) < 4.78 is 16.9. The summed E-state index contributed by atoms with van der Waals surface area (Å²) in [7, 11) is 0. The minimum Gasteiger partial charge on any atom is -0.462 e. The number of esters is 3. The van der Waals surface area contributed by atoms with Crippen LogP contribution < -0.4 is 0 Å². The lowest BCUT2D eigenvalue weighted by Crippen LogP contribution is -2.30. The van der Waals surface area contributed by atoms with E-state index >= 15 is 0 Å². The first kappa shape index (κ1) is 75.8. The Morgan fingerprint density at radius 3 is 0.800 bits per heavy atom. The molecule has 6 heteroatoms. The average molecular weight is 1110 g/mol. The van der Waals surface area contributed by atoms with Gasteiger partial charge in [0.05, 0.1) is 0 Å². The van der Waals surface area contributed by atoms with Gasteiger partial charge in [-0.3, -0.25) is 14.4 Å². The Bertz CT molecular complexity index is 1650. The van der Waals surface area contributed by atoms with Crippen LogP contribution >= 0.6 is 0 Å². The van der Waals surface area contributed by atoms with E-state index in [-0.39, 0.29) is 31.1 Å². The van der Waals surface area contributed by atoms with Crippen LogP contribution in [0.1, 0.15) is 310 Å². The molecule has 0 spiro atoms. The lowest BCUT2D eigenvalue weighted by Gasteiger charge is -2.18. The SMILES string of the molecule is CC/C=C\C/C=C\C/C=C\C/C=C\C/C=C\C/C=C\C/C=C\C/C=C\CCCCC(=O)OCC(COC(=O)CCCCCCC/C=C\C/C=C\CCCCCC)OC(=O)CCCCCCCCCCCCCCCCCCCCC. The van der Waals surface area contributed by atoms with E-state index < -0.39 is 6.10 Å². The molecule has 0 radical (unpaired) electrons. The number of allylic oxidation sites excluding steroid dienone is 20. The predicted molar refractivity (Wildman–Crippen MR) is 348 cm³/mol. The van der Waals surface area contributed by atoms with E-state index in [0.29, 0.717) is 25.7 Å². The van der Waals surface area contributed by atoms with Gasteiger partial charge in [-0.2, -0.15) is 0 Å². The lowest BCUT2D eigenvalue weighted by atomic mass is 10.0. The number of ether oxygens (including phenoxy) is 3. The first-order chi connectivity index (χ1) is 39.5. The second kappa shape index (κ2) is 67.3. The Kier molecular flexibility index (Phi) is 63.8. The summed E-state index contributed by atoms with van der Waals surface area (Å²) in [5.74, 6) is -0.947. The highest BCUT2D eigenvalue weighted by molar-refractivity contribution is 5.71. The summed E-state index contributed by atoms with van der Waals surface area (Å²) >= 11 is 0. The van der Waals surface area contributed by atoms with E-state index in [2.05, 4.69) is 142 Å². The molecule has 0 heterocycles. The van der Waals surface area contributed by atoms with Crippen LogP contribution in [0.15, 0.2) is 122 Å². The van der Waals surface area contributed by atoms with Crippen molar-refractivity contribution in [3.8, 4) is 0 Å². The average Bonchev–Trinajstić information content (AvgIpc) is 3.46. The van der Waals surface area contributed by atoms with Crippen LogP contribution in [0.4, 0.5) is 0 Å². The van der Waals surface area contributed by atoms with Gasteiger partial charge in [-0.1, -0.05) is 296 Å². The summed E-state index contributed by atoms with van der Waals surface area (Å²) in [4.78, 5) is 38.4. The zero-order valence-electron chi connectivity index (χ0n) is 52.3. The molecule has 0 rings (SSSR count). The van der Waals surface area contributed by atoms with Crippen molar-refractivity contribution in [1.82, 2.24) is 0 Å². The summed E-state index contributed by atoms with van der Waals surface area (Å²) in [5.41, 5.74) is 0. The number of hydrogen-bond donors (Lipinski definition) is 0. The minimum atomic E-state index is -0.805. The molecule has 0 amide bonds. The lowest BCUT2D eigenvalue weighted by molar-refractivity contribution is -0.167. The second-order valence-electron chi connectivity index (χ2n) is 22.0. The Hall–Kier alpha value is -4.19. The third kappa shape index (κ3) is 64.6. The molecule has 1 atom stereocenters. The maximum atomic E-state index is 12.9. The maximum Gasteiger partial charge on any atom is 0.306 e. The molecule has 1 unspecified atom stereocenters. The predicted octanol–water partition coefficient (Wildman–Crippen LogP) is 23.2. The van der Waals surface area contributed by atoms with Gasteiger partial charge in [0.2, 0.25) is 0 Å². The Balaban J connectivity index is 4.46. The summed E-state index contributed by atoms with van der Waals surface area (Å²) in [6.45, 7) is 6.49. The number of unbranched alkanes of at least 4 members (excludes halogenated alkanes) is 29. The van der Waals surface area contributed by atoms with Gasteiger partial charge >= 0.3 is 17.9 Å². The molecular weight excluding hydrogens is 985 g/mol. The fraction of sp³-hybridized carbons (Fsp3) is 0.689. The van der Waals surface area contributed by atoms with Crippen molar-refractivity contribution in [2.45, 2.75) is 316 Å². The van der Waals surface area contributed by atoms with Crippen LogP contribution in [0.25, 0.3) is 0 Å². The van der Waals surface area contributed by atoms with Crippen molar-refractivity contribution in [1.29, 1.82) is 0 Å². The molecule has 6 nitrogen and oxygen atoms in total. The van der Waals surface area contributed by atoms with Crippen molar-refractivity contribution in [2.24, 2.45) is 0 Å². The van der Waals surface area contributed by atoms with E-state index in [9.17, 15) is 14.4 Å². The van der Waals surface area contributed by atoms with Crippen LogP contribution in [0, 0.1) is 0 Å². The topological polar surface area (TPSA) is 78.9 Å². The van der Waals surface area contributed by atoms with E-state index in [1.807, 2.05) is 0 Å². The number of carbonyl (C=O) groups is 3. The molecule has 0 aliphatic heterocycles. The molecular formula is C74H124O6. The largest absolute Gasteiger partial charge is 0.462 e. The first-order valence-corrected chi connectivity index (χ1v) is 33.5. The number of rotatable bonds is 60. The van der Waals surface area contributed by atoms with Crippen molar-refractivity contribution in [2.75, 3.05) is 13.2 Å². The summed E-state index contributed by atoms with van der Waals surface area (Å²) in [6, 6.07) is 0. The van der Waals surface area contributed by atoms with Gasteiger partial charge in [0.15, 0.2) is 6.10 Å². The molecule has 0 aliphatic rings. The van der Waals surface area contributed by atoms with Gasteiger partial charge in [-0.25, -0.2) is 0 Å². The third-order valence-electron chi connectivity index (χ3n) is 14.2. The number of carbonyl (C=O) groups excluding carboxylic acids is 3. The van der Waals surface area contributed by atoms with E-state index in [0.717, 1.165) is 128 Å². The van der Waals surface area contributed by atoms with Crippen molar-refractivity contribution >= 4 is 17.9 Å². The highest BCUT2D eigenvalue weighted by atomic mass is 16.6. The fourth-order valence-electron chi connectivity index (χ4n) is 9.20. The van der Waals surface area contributed by atoms with E-state index in [1.54, 1.807) is 0 Å². The van der Waals surface area contributed by atoms with E-state index in [1.165, 1.54) is 135 Å². The molecule has 0 bridgehead atoms. The van der Waals surface area contributed by atoms with Crippen molar-refractivity contribution < 1.29 is 28.6 Å². The number of hydrogen-bond acceptors (Lipinski definition) is 6. The van der Waals surface area contributed by atoms with Crippen LogP contribution in [0.3, 0.4) is 0 Å². The Morgan fingerprint density at radius 2 is 0.487 bits per heavy atom. The molecule has 0 aliphatic carbocycles. The third-order valence-corrected chi connectivity index (χ3v) is 14.2. The minimum absolute atomic E-state index is 0.0991. The quantitative estimate of drug-likeness (QED) is 0.0261. The summed E-state index contributed by atoms with van der Waals surface area (Å²) in [5, 5.41) is 0. The van der Waals surface area contributed by atoms with Crippen molar-refractivity contribution in [3.05, 3.63) is 122 Å². The Morgan fingerprint density at radius 1 is 0.263 bits per heavy atom. The highest BCUT2D eigenvalue weighted by Gasteiger charge is 2.19. The molecule has 80 heavy (non-hydrogen) atoms. The monoisotopic (exact) mass is 1110 g/mol. The fourth-order valence-corrected chi connectivity index (χ4v) is 9.20. The molecule has 0 saturated heterocycles. The molecule has 0 fully saturated rings. The second-order valence-corrected chi connectivity index (χ2v) is 22.0. The van der Waals surface area contributed by atoms with Gasteiger partial charge in [0.25, 0.3) is 0 Å². The van der Waals surface area contributed by atoms with Crippen LogP contribution in [0.5, 0.6) is 0 Å². The molecule has 0 aromatic heterocycles. The molecule has 0 aromatic rings. The standard InChI is InChI=1S/C74H124O6/c1-4-7-10-13-16-19-22-25-28-31-33-34-35-36-37-38-39-40-42-43-46-49-52-55-58-61-64-67-73(76)79-70-71(69-78-72(75)66-63-60-57-54-51-48-45-30-27-24-21-18-15-12-9-6-3)80-74(77)68-65-62-59-56-53-50-47-44-41-32-29-26-23-20-17-14-11-8-5-2/h7,10,16,19,21,24-25,28,30,33-34,36-37,39-40,43,45-46,52,55,71H,4-6,8-9,11-15,17-18,20,22-23,26-27,29,31-32,35,38,41-42,44,47-51,53-54,56-70H2,1-3H3/b10-7-,19-16-,24-21-,28-25-,34-33-,37-36-,40-39-,45-30-,46-43-,55-52-. The Labute approximate surface area is 494 Å². The zero-order chi connectivity index (χ0) is 57.8. The van der Waals surface area contributed by atoms with Gasteiger partial charge in [0, 0.05) is 19.3 Å². The zero-order valence-corrected chi connectivity index (χ0v) is 52.3. The molecule has 0 aromatic carbocycles. The van der Waals surface area contributed by atoms with Crippen LogP contribution in [0.2, 0.25) is 0 Å². The van der Waals surface area contributed by atoms with Gasteiger partial charge in [-0.05, 0) is 116 Å². The van der Waals surface area contributed by atoms with Gasteiger partial charge in [0.1, 0.15) is 13.2 Å². The molecule has 456 valence electrons. The van der Waals surface area contributed by atoms with Crippen LogP contribution in [-0.4, -0.2) is 37.2 Å². The summed E-state index contributed by atoms with van der Waals surface area (Å²) in [6.07, 6.45) is 93.5. The van der Waals surface area contributed by atoms with Crippen LogP contribution in [-0.2, 0) is 28.6 Å². The first-order valence-electron chi connectivity index (χ1n) is 33.5. The molecule has 0 saturated carbocycles. The normalized spacial score (nSPS) is 12.9. The highest BCUT2D eigenvalue weighted by Crippen LogP contribution is 2.16. The van der Waals surface area contributed by atoms with E-state index in [4.69, 9.17) is 14.2 Å². The van der Waals surface area contributed by atoms with Gasteiger partial charge in [-0.15, -0.1) is 0 Å². The van der Waals surface area contributed by atoms with Crippen molar-refractivity contribution in [3.63, 3.8) is 0 Å². The maximum absolute atomic E-state index is 12.9. The molecule has 0 N–H and O–H groups in total. The van der Waals surface area contributed by atoms with Gasteiger partial charge < -0.3 is 14.2 Å².